The molecule has 1 amide bonds. The van der Waals surface area contributed by atoms with Crippen molar-refractivity contribution in [1.29, 1.82) is 0 Å². The van der Waals surface area contributed by atoms with E-state index in [-0.39, 0.29) is 10.6 Å². The van der Waals surface area contributed by atoms with E-state index >= 15 is 0 Å². The molecule has 8 heteroatoms. The minimum absolute atomic E-state index is 0.0324. The Kier molecular flexibility index (Phi) is 5.70. The van der Waals surface area contributed by atoms with Gasteiger partial charge in [-0.1, -0.05) is 22.9 Å². The van der Waals surface area contributed by atoms with Gasteiger partial charge in [-0.25, -0.2) is 4.39 Å². The van der Waals surface area contributed by atoms with E-state index in [0.29, 0.717) is 18.0 Å². The number of benzene rings is 2. The molecule has 136 valence electrons. The highest BCUT2D eigenvalue weighted by atomic mass is 35.5. The fourth-order valence-corrected chi connectivity index (χ4v) is 3.81. The first-order valence-corrected chi connectivity index (χ1v) is 8.93. The average molecular weight is 395 g/mol. The van der Waals surface area contributed by atoms with Gasteiger partial charge in [-0.2, -0.15) is 4.99 Å². The molecule has 0 saturated carbocycles. The molecule has 3 aromatic rings. The number of rotatable bonds is 5. The lowest BCUT2D eigenvalue weighted by atomic mass is 10.2. The largest absolute Gasteiger partial charge is 0.497 e. The standard InChI is InChI=1S/C18H16ClFN2O3S/c1-24-8-7-22-15-6-4-12(25-2)10-16(15)26-18(22)21-17(23)13-5-3-11(20)9-14(13)19/h3-6,9-10H,7-8H2,1-2H3. The van der Waals surface area contributed by atoms with Gasteiger partial charge in [0, 0.05) is 13.7 Å². The summed E-state index contributed by atoms with van der Waals surface area (Å²) in [5.41, 5.74) is 1.07. The van der Waals surface area contributed by atoms with Crippen LogP contribution >= 0.6 is 22.9 Å². The van der Waals surface area contributed by atoms with Crippen molar-refractivity contribution in [2.24, 2.45) is 4.99 Å². The molecule has 1 heterocycles. The summed E-state index contributed by atoms with van der Waals surface area (Å²) in [5, 5.41) is 0.0324. The van der Waals surface area contributed by atoms with Gasteiger partial charge in [0.2, 0.25) is 0 Å². The molecule has 0 saturated heterocycles. The minimum atomic E-state index is -0.528. The Morgan fingerprint density at radius 3 is 2.77 bits per heavy atom. The fourth-order valence-electron chi connectivity index (χ4n) is 2.47. The predicted octanol–water partition coefficient (Wildman–Crippen LogP) is 3.89. The number of carbonyl (C=O) groups excluding carboxylic acids is 1. The smallest absolute Gasteiger partial charge is 0.281 e. The van der Waals surface area contributed by atoms with Crippen LogP contribution in [0.5, 0.6) is 5.75 Å². The molecule has 5 nitrogen and oxygen atoms in total. The first kappa shape index (κ1) is 18.6. The molecule has 0 N–H and O–H groups in total. The Hall–Kier alpha value is -2.22. The molecule has 3 rings (SSSR count). The van der Waals surface area contributed by atoms with Gasteiger partial charge >= 0.3 is 0 Å². The molecule has 1 aromatic heterocycles. The Morgan fingerprint density at radius 1 is 1.27 bits per heavy atom. The van der Waals surface area contributed by atoms with Gasteiger partial charge in [0.15, 0.2) is 4.80 Å². The molecule has 0 radical (unpaired) electrons. The average Bonchev–Trinajstić information content (AvgIpc) is 2.95. The maximum absolute atomic E-state index is 13.2. The Labute approximate surface area is 158 Å². The van der Waals surface area contributed by atoms with E-state index in [2.05, 4.69) is 4.99 Å². The van der Waals surface area contributed by atoms with Crippen molar-refractivity contribution >= 4 is 39.1 Å². The third-order valence-electron chi connectivity index (χ3n) is 3.77. The summed E-state index contributed by atoms with van der Waals surface area (Å²) in [4.78, 5) is 17.3. The van der Waals surface area contributed by atoms with Crippen LogP contribution in [0.3, 0.4) is 0 Å². The third kappa shape index (κ3) is 3.80. The third-order valence-corrected chi connectivity index (χ3v) is 5.12. The van der Waals surface area contributed by atoms with Gasteiger partial charge in [-0.05, 0) is 36.4 Å². The lowest BCUT2D eigenvalue weighted by Crippen LogP contribution is -2.19. The summed E-state index contributed by atoms with van der Waals surface area (Å²) in [7, 11) is 3.21. The summed E-state index contributed by atoms with van der Waals surface area (Å²) < 4.78 is 26.4. The fraction of sp³-hybridized carbons (Fsp3) is 0.222. The van der Waals surface area contributed by atoms with Gasteiger partial charge in [-0.3, -0.25) is 4.79 Å². The van der Waals surface area contributed by atoms with Gasteiger partial charge < -0.3 is 14.0 Å². The summed E-state index contributed by atoms with van der Waals surface area (Å²) in [6.45, 7) is 1.00. The van der Waals surface area contributed by atoms with Crippen LogP contribution in [0.25, 0.3) is 10.2 Å². The molecule has 2 aromatic carbocycles. The SMILES string of the molecule is COCCn1c(=NC(=O)c2ccc(F)cc2Cl)sc2cc(OC)ccc21. The van der Waals surface area contributed by atoms with Gasteiger partial charge in [0.05, 0.1) is 34.5 Å². The molecule has 0 spiro atoms. The monoisotopic (exact) mass is 394 g/mol. The minimum Gasteiger partial charge on any atom is -0.497 e. The van der Waals surface area contributed by atoms with Gasteiger partial charge in [0.25, 0.3) is 5.91 Å². The van der Waals surface area contributed by atoms with Crippen LogP contribution in [0.15, 0.2) is 41.4 Å². The Morgan fingerprint density at radius 2 is 2.08 bits per heavy atom. The van der Waals surface area contributed by atoms with Gasteiger partial charge in [-0.15, -0.1) is 0 Å². The number of halogens is 2. The number of thiazole rings is 1. The highest BCUT2D eigenvalue weighted by Crippen LogP contribution is 2.23. The second kappa shape index (κ2) is 7.99. The molecule has 0 aliphatic carbocycles. The number of carbonyl (C=O) groups is 1. The van der Waals surface area contributed by atoms with E-state index in [0.717, 1.165) is 22.0 Å². The van der Waals surface area contributed by atoms with Crippen LogP contribution in [-0.4, -0.2) is 31.3 Å². The topological polar surface area (TPSA) is 52.8 Å². The first-order valence-electron chi connectivity index (χ1n) is 7.74. The zero-order chi connectivity index (χ0) is 18.7. The van der Waals surface area contributed by atoms with Crippen LogP contribution in [0.2, 0.25) is 5.02 Å². The van der Waals surface area contributed by atoms with Crippen molar-refractivity contribution in [2.45, 2.75) is 6.54 Å². The molecule has 0 bridgehead atoms. The van der Waals surface area contributed by atoms with Crippen molar-refractivity contribution in [2.75, 3.05) is 20.8 Å². The molecule has 0 unspecified atom stereocenters. The number of methoxy groups -OCH3 is 2. The summed E-state index contributed by atoms with van der Waals surface area (Å²) in [6.07, 6.45) is 0. The highest BCUT2D eigenvalue weighted by Gasteiger charge is 2.13. The van der Waals surface area contributed by atoms with E-state index in [1.54, 1.807) is 14.2 Å². The molecule has 26 heavy (non-hydrogen) atoms. The van der Waals surface area contributed by atoms with Crippen molar-refractivity contribution in [3.8, 4) is 5.75 Å². The number of fused-ring (bicyclic) bond motifs is 1. The molecule has 0 fully saturated rings. The van der Waals surface area contributed by atoms with Crippen molar-refractivity contribution in [3.05, 3.63) is 57.6 Å². The number of ether oxygens (including phenoxy) is 2. The van der Waals surface area contributed by atoms with E-state index in [4.69, 9.17) is 21.1 Å². The van der Waals surface area contributed by atoms with Crippen molar-refractivity contribution < 1.29 is 18.7 Å². The lowest BCUT2D eigenvalue weighted by Gasteiger charge is -2.05. The van der Waals surface area contributed by atoms with E-state index in [1.165, 1.54) is 23.5 Å². The number of hydrogen-bond acceptors (Lipinski definition) is 4. The van der Waals surface area contributed by atoms with Crippen LogP contribution in [0.1, 0.15) is 10.4 Å². The quantitative estimate of drug-likeness (QED) is 0.659. The van der Waals surface area contributed by atoms with Crippen LogP contribution < -0.4 is 9.54 Å². The summed E-state index contributed by atoms with van der Waals surface area (Å²) >= 11 is 7.33. The van der Waals surface area contributed by atoms with Crippen LogP contribution in [0.4, 0.5) is 4.39 Å². The van der Waals surface area contributed by atoms with Crippen LogP contribution in [0, 0.1) is 5.82 Å². The number of amides is 1. The summed E-state index contributed by atoms with van der Waals surface area (Å²) in [5.74, 6) is -0.313. The van der Waals surface area contributed by atoms with E-state index in [9.17, 15) is 9.18 Å². The zero-order valence-electron chi connectivity index (χ0n) is 14.2. The lowest BCUT2D eigenvalue weighted by molar-refractivity contribution is 0.0997. The maximum atomic E-state index is 13.2. The van der Waals surface area contributed by atoms with E-state index < -0.39 is 11.7 Å². The molecular weight excluding hydrogens is 379 g/mol. The van der Waals surface area contributed by atoms with Gasteiger partial charge in [0.1, 0.15) is 11.6 Å². The normalized spacial score (nSPS) is 11.9. The van der Waals surface area contributed by atoms with Crippen LogP contribution in [-0.2, 0) is 11.3 Å². The molecule has 0 aliphatic heterocycles. The predicted molar refractivity (Wildman–Crippen MR) is 99.5 cm³/mol. The number of nitrogens with zero attached hydrogens (tertiary/aromatic N) is 2. The number of hydrogen-bond donors (Lipinski definition) is 0. The Balaban J connectivity index is 2.12. The number of aromatic nitrogens is 1. The van der Waals surface area contributed by atoms with Crippen molar-refractivity contribution in [1.82, 2.24) is 4.57 Å². The highest BCUT2D eigenvalue weighted by molar-refractivity contribution is 7.16. The second-order valence-electron chi connectivity index (χ2n) is 5.40. The first-order chi connectivity index (χ1) is 12.5. The molecular formula is C18H16ClFN2O3S. The molecule has 0 aliphatic rings. The zero-order valence-corrected chi connectivity index (χ0v) is 15.7. The molecule has 0 atom stereocenters. The van der Waals surface area contributed by atoms with Crippen molar-refractivity contribution in [3.63, 3.8) is 0 Å². The van der Waals surface area contributed by atoms with E-state index in [1.807, 2.05) is 22.8 Å². The second-order valence-corrected chi connectivity index (χ2v) is 6.82. The Bertz CT molecular complexity index is 1030. The maximum Gasteiger partial charge on any atom is 0.281 e. The summed E-state index contributed by atoms with van der Waals surface area (Å²) in [6, 6.07) is 9.26.